The second-order valence-corrected chi connectivity index (χ2v) is 5.23. The maximum Gasteiger partial charge on any atom is 0.211 e. The molecule has 0 amide bonds. The first-order valence-electron chi connectivity index (χ1n) is 4.68. The third-order valence-corrected chi connectivity index (χ3v) is 3.28. The van der Waals surface area contributed by atoms with E-state index in [1.54, 1.807) is 24.1 Å². The van der Waals surface area contributed by atoms with Crippen LogP contribution in [0.25, 0.3) is 0 Å². The molecule has 3 N–H and O–H groups in total. The Morgan fingerprint density at radius 3 is 2.87 bits per heavy atom. The molecule has 0 aliphatic carbocycles. The van der Waals surface area contributed by atoms with E-state index in [9.17, 15) is 8.42 Å². The topological polar surface area (TPSA) is 90.0 Å². The number of hydrogen-bond donors (Lipinski definition) is 2. The Morgan fingerprint density at radius 2 is 2.33 bits per heavy atom. The van der Waals surface area contributed by atoms with Crippen molar-refractivity contribution in [3.8, 4) is 0 Å². The van der Waals surface area contributed by atoms with Crippen molar-refractivity contribution in [2.24, 2.45) is 12.8 Å². The summed E-state index contributed by atoms with van der Waals surface area (Å²) in [6.07, 6.45) is 3.87. The zero-order valence-electron chi connectivity index (χ0n) is 8.68. The lowest BCUT2D eigenvalue weighted by molar-refractivity contribution is 0.579. The van der Waals surface area contributed by atoms with Crippen LogP contribution in [0, 0.1) is 0 Å². The average molecular weight is 232 g/mol. The molecule has 0 aliphatic heterocycles. The lowest BCUT2D eigenvalue weighted by Gasteiger charge is -2.03. The molecule has 1 rings (SSSR count). The molecule has 7 heteroatoms. The third-order valence-electron chi connectivity index (χ3n) is 1.87. The SMILES string of the molecule is Cn1cc(CNS(=O)(=O)CCCN)cn1. The van der Waals surface area contributed by atoms with E-state index in [0.717, 1.165) is 5.56 Å². The van der Waals surface area contributed by atoms with Crippen molar-refractivity contribution < 1.29 is 8.42 Å². The maximum absolute atomic E-state index is 11.4. The minimum absolute atomic E-state index is 0.0732. The molecule has 1 aromatic rings. The molecule has 0 fully saturated rings. The summed E-state index contributed by atoms with van der Waals surface area (Å²) in [4.78, 5) is 0. The summed E-state index contributed by atoms with van der Waals surface area (Å²) in [7, 11) is -1.42. The lowest BCUT2D eigenvalue weighted by Crippen LogP contribution is -2.26. The van der Waals surface area contributed by atoms with E-state index in [2.05, 4.69) is 9.82 Å². The van der Waals surface area contributed by atoms with Crippen molar-refractivity contribution in [2.45, 2.75) is 13.0 Å². The van der Waals surface area contributed by atoms with E-state index in [1.807, 2.05) is 0 Å². The van der Waals surface area contributed by atoms with Gasteiger partial charge in [0.15, 0.2) is 0 Å². The summed E-state index contributed by atoms with van der Waals surface area (Å²) < 4.78 is 26.9. The number of nitrogens with zero attached hydrogens (tertiary/aromatic N) is 2. The minimum atomic E-state index is -3.20. The van der Waals surface area contributed by atoms with E-state index in [4.69, 9.17) is 5.73 Å². The molecule has 0 atom stereocenters. The first kappa shape index (κ1) is 12.2. The van der Waals surface area contributed by atoms with Crippen LogP contribution in [0.3, 0.4) is 0 Å². The van der Waals surface area contributed by atoms with Gasteiger partial charge in [0.2, 0.25) is 10.0 Å². The second kappa shape index (κ2) is 5.24. The third kappa shape index (κ3) is 4.41. The fraction of sp³-hybridized carbons (Fsp3) is 0.625. The molecular weight excluding hydrogens is 216 g/mol. The van der Waals surface area contributed by atoms with Crippen LogP contribution in [0.1, 0.15) is 12.0 Å². The van der Waals surface area contributed by atoms with Crippen molar-refractivity contribution in [1.29, 1.82) is 0 Å². The fourth-order valence-corrected chi connectivity index (χ4v) is 2.18. The molecule has 0 unspecified atom stereocenters. The number of nitrogens with one attached hydrogen (secondary N) is 1. The Bertz CT molecular complexity index is 399. The standard InChI is InChI=1S/C8H16N4O2S/c1-12-7-8(5-10-12)6-11-15(13,14)4-2-3-9/h5,7,11H,2-4,6,9H2,1H3. The summed E-state index contributed by atoms with van der Waals surface area (Å²) in [5, 5.41) is 3.94. The molecule has 0 bridgehead atoms. The van der Waals surface area contributed by atoms with Crippen LogP contribution in [0.15, 0.2) is 12.4 Å². The van der Waals surface area contributed by atoms with E-state index in [0.29, 0.717) is 13.0 Å². The first-order chi connectivity index (χ1) is 7.03. The van der Waals surface area contributed by atoms with Gasteiger partial charge < -0.3 is 5.73 Å². The molecule has 1 heterocycles. The molecule has 86 valence electrons. The number of sulfonamides is 1. The van der Waals surface area contributed by atoms with Gasteiger partial charge in [0.25, 0.3) is 0 Å². The second-order valence-electron chi connectivity index (χ2n) is 3.30. The van der Waals surface area contributed by atoms with Gasteiger partial charge in [-0.15, -0.1) is 0 Å². The van der Waals surface area contributed by atoms with Crippen LogP contribution in [0.5, 0.6) is 0 Å². The van der Waals surface area contributed by atoms with Crippen LogP contribution in [-0.4, -0.2) is 30.5 Å². The van der Waals surface area contributed by atoms with Gasteiger partial charge in [0, 0.05) is 25.4 Å². The number of hydrogen-bond acceptors (Lipinski definition) is 4. The zero-order valence-corrected chi connectivity index (χ0v) is 9.50. The number of aryl methyl sites for hydroxylation is 1. The van der Waals surface area contributed by atoms with E-state index >= 15 is 0 Å². The first-order valence-corrected chi connectivity index (χ1v) is 6.33. The molecule has 0 saturated heterocycles. The van der Waals surface area contributed by atoms with Crippen molar-refractivity contribution in [2.75, 3.05) is 12.3 Å². The van der Waals surface area contributed by atoms with Crippen molar-refractivity contribution in [3.05, 3.63) is 18.0 Å². The van der Waals surface area contributed by atoms with Crippen LogP contribution in [0.4, 0.5) is 0 Å². The molecular formula is C8H16N4O2S. The van der Waals surface area contributed by atoms with Gasteiger partial charge in [0.05, 0.1) is 11.9 Å². The highest BCUT2D eigenvalue weighted by Crippen LogP contribution is 1.97. The monoisotopic (exact) mass is 232 g/mol. The highest BCUT2D eigenvalue weighted by molar-refractivity contribution is 7.89. The van der Waals surface area contributed by atoms with E-state index < -0.39 is 10.0 Å². The van der Waals surface area contributed by atoms with Gasteiger partial charge >= 0.3 is 0 Å². The van der Waals surface area contributed by atoms with Crippen molar-refractivity contribution >= 4 is 10.0 Å². The summed E-state index contributed by atoms with van der Waals surface area (Å²) in [5.41, 5.74) is 6.08. The van der Waals surface area contributed by atoms with Gasteiger partial charge in [0.1, 0.15) is 0 Å². The molecule has 0 radical (unpaired) electrons. The van der Waals surface area contributed by atoms with Gasteiger partial charge in [-0.2, -0.15) is 5.10 Å². The van der Waals surface area contributed by atoms with Crippen molar-refractivity contribution in [1.82, 2.24) is 14.5 Å². The zero-order chi connectivity index (χ0) is 11.3. The van der Waals surface area contributed by atoms with Gasteiger partial charge in [-0.3, -0.25) is 4.68 Å². The number of aromatic nitrogens is 2. The number of nitrogens with two attached hydrogens (primary N) is 1. The highest BCUT2D eigenvalue weighted by Gasteiger charge is 2.09. The summed E-state index contributed by atoms with van der Waals surface area (Å²) in [5.74, 6) is 0.0732. The Balaban J connectivity index is 2.42. The molecule has 0 aromatic carbocycles. The van der Waals surface area contributed by atoms with Gasteiger partial charge in [-0.05, 0) is 13.0 Å². The molecule has 6 nitrogen and oxygen atoms in total. The molecule has 0 saturated carbocycles. The summed E-state index contributed by atoms with van der Waals surface area (Å²) >= 11 is 0. The predicted molar refractivity (Wildman–Crippen MR) is 57.5 cm³/mol. The molecule has 15 heavy (non-hydrogen) atoms. The normalized spacial score (nSPS) is 11.9. The van der Waals surface area contributed by atoms with Crippen LogP contribution >= 0.6 is 0 Å². The molecule has 1 aromatic heterocycles. The fourth-order valence-electron chi connectivity index (χ4n) is 1.10. The number of rotatable bonds is 6. The average Bonchev–Trinajstić information content (AvgIpc) is 2.59. The van der Waals surface area contributed by atoms with Gasteiger partial charge in [-0.1, -0.05) is 0 Å². The highest BCUT2D eigenvalue weighted by atomic mass is 32.2. The Kier molecular flexibility index (Phi) is 4.25. The lowest BCUT2D eigenvalue weighted by atomic mass is 10.4. The quantitative estimate of drug-likeness (QED) is 0.671. The van der Waals surface area contributed by atoms with Crippen LogP contribution in [-0.2, 0) is 23.6 Å². The Morgan fingerprint density at radius 1 is 1.60 bits per heavy atom. The smallest absolute Gasteiger partial charge is 0.211 e. The van der Waals surface area contributed by atoms with E-state index in [-0.39, 0.29) is 12.3 Å². The Labute approximate surface area is 89.5 Å². The summed E-state index contributed by atoms with van der Waals surface area (Å²) in [6.45, 7) is 0.661. The minimum Gasteiger partial charge on any atom is -0.330 e. The molecule has 0 aliphatic rings. The van der Waals surface area contributed by atoms with Crippen LogP contribution in [0.2, 0.25) is 0 Å². The van der Waals surface area contributed by atoms with Crippen molar-refractivity contribution in [3.63, 3.8) is 0 Å². The summed E-state index contributed by atoms with van der Waals surface area (Å²) in [6, 6.07) is 0. The molecule has 0 spiro atoms. The van der Waals surface area contributed by atoms with Gasteiger partial charge in [-0.25, -0.2) is 13.1 Å². The van der Waals surface area contributed by atoms with Crippen LogP contribution < -0.4 is 10.5 Å². The Hall–Kier alpha value is -0.920. The predicted octanol–water partition coefficient (Wildman–Crippen LogP) is -0.812. The van der Waals surface area contributed by atoms with E-state index in [1.165, 1.54) is 0 Å². The maximum atomic E-state index is 11.4. The largest absolute Gasteiger partial charge is 0.330 e.